The molecular formula is C14H24N2O2. The number of ether oxygens (including phenoxy) is 1. The zero-order chi connectivity index (χ0) is 13.8. The molecule has 18 heavy (non-hydrogen) atoms. The van der Waals surface area contributed by atoms with Crippen LogP contribution in [0.25, 0.3) is 0 Å². The number of aliphatic hydroxyl groups excluding tert-OH is 1. The number of nitrogens with two attached hydrogens (primary N) is 1. The molecule has 1 aromatic rings. The summed E-state index contributed by atoms with van der Waals surface area (Å²) in [4.78, 5) is 2.10. The fourth-order valence-corrected chi connectivity index (χ4v) is 1.90. The highest BCUT2D eigenvalue weighted by Gasteiger charge is 2.29. The van der Waals surface area contributed by atoms with Gasteiger partial charge in [0.2, 0.25) is 0 Å². The van der Waals surface area contributed by atoms with E-state index in [0.717, 1.165) is 11.3 Å². The predicted octanol–water partition coefficient (Wildman–Crippen LogP) is 1.40. The Labute approximate surface area is 109 Å². The third-order valence-corrected chi connectivity index (χ3v) is 3.51. The summed E-state index contributed by atoms with van der Waals surface area (Å²) in [5.41, 5.74) is 6.67. The van der Waals surface area contributed by atoms with Gasteiger partial charge in [-0.15, -0.1) is 0 Å². The number of nitrogens with zero attached hydrogens (tertiary/aromatic N) is 1. The van der Waals surface area contributed by atoms with Crippen molar-refractivity contribution in [3.63, 3.8) is 0 Å². The lowest BCUT2D eigenvalue weighted by Crippen LogP contribution is -2.48. The summed E-state index contributed by atoms with van der Waals surface area (Å²) in [7, 11) is 3.63. The third kappa shape index (κ3) is 3.22. The van der Waals surface area contributed by atoms with Crippen LogP contribution in [0.1, 0.15) is 25.5 Å². The zero-order valence-electron chi connectivity index (χ0n) is 11.7. The van der Waals surface area contributed by atoms with Gasteiger partial charge < -0.3 is 15.6 Å². The number of hydrogen-bond donors (Lipinski definition) is 2. The second-order valence-electron chi connectivity index (χ2n) is 5.11. The van der Waals surface area contributed by atoms with Crippen LogP contribution in [0.5, 0.6) is 5.75 Å². The quantitative estimate of drug-likeness (QED) is 0.803. The highest BCUT2D eigenvalue weighted by molar-refractivity contribution is 5.31. The van der Waals surface area contributed by atoms with Gasteiger partial charge >= 0.3 is 0 Å². The molecule has 3 N–H and O–H groups in total. The SMILES string of the molecule is COc1cccc(C(CN)N(C)C(C)(C)CO)c1. The molecule has 0 aliphatic carbocycles. The Morgan fingerprint density at radius 3 is 2.61 bits per heavy atom. The molecule has 4 heteroatoms. The van der Waals surface area contributed by atoms with Gasteiger partial charge in [-0.3, -0.25) is 4.90 Å². The van der Waals surface area contributed by atoms with E-state index in [2.05, 4.69) is 4.90 Å². The standard InChI is InChI=1S/C14H24N2O2/c1-14(2,10-17)16(3)13(9-15)11-6-5-7-12(8-11)18-4/h5-8,13,17H,9-10,15H2,1-4H3. The summed E-state index contributed by atoms with van der Waals surface area (Å²) in [5.74, 6) is 0.821. The molecule has 0 aromatic heterocycles. The van der Waals surface area contributed by atoms with Crippen molar-refractivity contribution in [3.05, 3.63) is 29.8 Å². The zero-order valence-corrected chi connectivity index (χ0v) is 11.7. The van der Waals surface area contributed by atoms with E-state index >= 15 is 0 Å². The molecular weight excluding hydrogens is 228 g/mol. The Morgan fingerprint density at radius 2 is 2.11 bits per heavy atom. The fraction of sp³-hybridized carbons (Fsp3) is 0.571. The minimum absolute atomic E-state index is 0.0576. The first-order valence-corrected chi connectivity index (χ1v) is 6.14. The minimum atomic E-state index is -0.312. The highest BCUT2D eigenvalue weighted by atomic mass is 16.5. The van der Waals surface area contributed by atoms with Gasteiger partial charge in [-0.1, -0.05) is 12.1 Å². The average molecular weight is 252 g/mol. The first-order valence-electron chi connectivity index (χ1n) is 6.14. The van der Waals surface area contributed by atoms with Crippen LogP contribution in [0.15, 0.2) is 24.3 Å². The lowest BCUT2D eigenvalue weighted by atomic mass is 9.98. The van der Waals surface area contributed by atoms with Crippen LogP contribution >= 0.6 is 0 Å². The number of benzene rings is 1. The van der Waals surface area contributed by atoms with Crippen LogP contribution in [0, 0.1) is 0 Å². The van der Waals surface area contributed by atoms with Crippen molar-refractivity contribution in [1.82, 2.24) is 4.90 Å². The van der Waals surface area contributed by atoms with E-state index in [1.54, 1.807) is 7.11 Å². The van der Waals surface area contributed by atoms with E-state index < -0.39 is 0 Å². The normalized spacial score (nSPS) is 13.7. The molecule has 4 nitrogen and oxygen atoms in total. The largest absolute Gasteiger partial charge is 0.497 e. The Bertz CT molecular complexity index is 380. The topological polar surface area (TPSA) is 58.7 Å². The summed E-state index contributed by atoms with van der Waals surface area (Å²) in [6.07, 6.45) is 0. The van der Waals surface area contributed by atoms with Crippen LogP contribution in [-0.4, -0.2) is 42.9 Å². The number of methoxy groups -OCH3 is 1. The molecule has 0 heterocycles. The molecule has 0 aliphatic rings. The monoisotopic (exact) mass is 252 g/mol. The smallest absolute Gasteiger partial charge is 0.119 e. The summed E-state index contributed by atoms with van der Waals surface area (Å²) >= 11 is 0. The van der Waals surface area contributed by atoms with Gasteiger partial charge in [0.15, 0.2) is 0 Å². The molecule has 0 bridgehead atoms. The molecule has 0 saturated carbocycles. The first kappa shape index (κ1) is 15.0. The van der Waals surface area contributed by atoms with Crippen LogP contribution in [0.4, 0.5) is 0 Å². The minimum Gasteiger partial charge on any atom is -0.497 e. The predicted molar refractivity (Wildman–Crippen MR) is 73.7 cm³/mol. The number of aliphatic hydroxyl groups is 1. The maximum atomic E-state index is 9.45. The van der Waals surface area contributed by atoms with Crippen molar-refractivity contribution in [2.24, 2.45) is 5.73 Å². The summed E-state index contributed by atoms with van der Waals surface area (Å²) < 4.78 is 5.23. The molecule has 0 fully saturated rings. The van der Waals surface area contributed by atoms with Gasteiger partial charge in [0.1, 0.15) is 5.75 Å². The molecule has 1 rings (SSSR count). The molecule has 1 atom stereocenters. The maximum Gasteiger partial charge on any atom is 0.119 e. The Morgan fingerprint density at radius 1 is 1.44 bits per heavy atom. The maximum absolute atomic E-state index is 9.45. The summed E-state index contributed by atoms with van der Waals surface area (Å²) in [6, 6.07) is 7.94. The van der Waals surface area contributed by atoms with Crippen LogP contribution in [0.3, 0.4) is 0 Å². The molecule has 0 spiro atoms. The molecule has 102 valence electrons. The molecule has 1 aromatic carbocycles. The average Bonchev–Trinajstić information content (AvgIpc) is 2.39. The molecule has 1 unspecified atom stereocenters. The van der Waals surface area contributed by atoms with Crippen molar-refractivity contribution in [2.75, 3.05) is 27.3 Å². The number of likely N-dealkylation sites (N-methyl/N-ethyl adjacent to an activating group) is 1. The van der Waals surface area contributed by atoms with Crippen LogP contribution in [0.2, 0.25) is 0 Å². The Kier molecular flexibility index (Phi) is 5.14. The second kappa shape index (κ2) is 6.18. The summed E-state index contributed by atoms with van der Waals surface area (Å²) in [6.45, 7) is 4.57. The van der Waals surface area contributed by atoms with Crippen molar-refractivity contribution >= 4 is 0 Å². The highest BCUT2D eigenvalue weighted by Crippen LogP contribution is 2.27. The van der Waals surface area contributed by atoms with E-state index in [-0.39, 0.29) is 18.2 Å². The summed E-state index contributed by atoms with van der Waals surface area (Å²) in [5, 5.41) is 9.45. The van der Waals surface area contributed by atoms with Crippen molar-refractivity contribution in [2.45, 2.75) is 25.4 Å². The van der Waals surface area contributed by atoms with Gasteiger partial charge in [-0.05, 0) is 38.6 Å². The van der Waals surface area contributed by atoms with Gasteiger partial charge in [-0.25, -0.2) is 0 Å². The van der Waals surface area contributed by atoms with Crippen LogP contribution in [-0.2, 0) is 0 Å². The van der Waals surface area contributed by atoms with Crippen molar-refractivity contribution < 1.29 is 9.84 Å². The van der Waals surface area contributed by atoms with Gasteiger partial charge in [0.25, 0.3) is 0 Å². The van der Waals surface area contributed by atoms with E-state index in [0.29, 0.717) is 6.54 Å². The molecule has 0 radical (unpaired) electrons. The van der Waals surface area contributed by atoms with Gasteiger partial charge in [0.05, 0.1) is 13.7 Å². The molecule has 0 saturated heterocycles. The molecule has 0 aliphatic heterocycles. The number of rotatable bonds is 6. The van der Waals surface area contributed by atoms with Crippen LogP contribution < -0.4 is 10.5 Å². The number of hydrogen-bond acceptors (Lipinski definition) is 4. The van der Waals surface area contributed by atoms with E-state index in [9.17, 15) is 5.11 Å². The fourth-order valence-electron chi connectivity index (χ4n) is 1.90. The van der Waals surface area contributed by atoms with Gasteiger partial charge in [-0.2, -0.15) is 0 Å². The van der Waals surface area contributed by atoms with Crippen molar-refractivity contribution in [1.29, 1.82) is 0 Å². The third-order valence-electron chi connectivity index (χ3n) is 3.51. The Hall–Kier alpha value is -1.10. The first-order chi connectivity index (χ1) is 8.46. The van der Waals surface area contributed by atoms with Crippen molar-refractivity contribution in [3.8, 4) is 5.75 Å². The second-order valence-corrected chi connectivity index (χ2v) is 5.11. The van der Waals surface area contributed by atoms with Gasteiger partial charge in [0, 0.05) is 18.1 Å². The lowest BCUT2D eigenvalue weighted by Gasteiger charge is -2.39. The van der Waals surface area contributed by atoms with E-state index in [1.165, 1.54) is 0 Å². The molecule has 0 amide bonds. The Balaban J connectivity index is 3.01. The van der Waals surface area contributed by atoms with E-state index in [4.69, 9.17) is 10.5 Å². The lowest BCUT2D eigenvalue weighted by molar-refractivity contribution is 0.0469. The van der Waals surface area contributed by atoms with E-state index in [1.807, 2.05) is 45.2 Å².